The van der Waals surface area contributed by atoms with E-state index < -0.39 is 0 Å². The molecular weight excluding hydrogens is 258 g/mol. The SMILES string of the molecule is CCc1nccn1-c1c(Cl)cccc1CC(N)CC. The molecule has 1 aromatic carbocycles. The summed E-state index contributed by atoms with van der Waals surface area (Å²) >= 11 is 6.39. The van der Waals surface area contributed by atoms with Gasteiger partial charge in [0.05, 0.1) is 10.7 Å². The number of rotatable bonds is 5. The summed E-state index contributed by atoms with van der Waals surface area (Å²) in [7, 11) is 0. The second-order valence-electron chi connectivity index (χ2n) is 4.69. The number of imidazole rings is 1. The second-order valence-corrected chi connectivity index (χ2v) is 5.09. The molecule has 2 N–H and O–H groups in total. The molecule has 19 heavy (non-hydrogen) atoms. The van der Waals surface area contributed by atoms with Gasteiger partial charge in [-0.3, -0.25) is 0 Å². The number of hydrogen-bond donors (Lipinski definition) is 1. The Morgan fingerprint density at radius 2 is 2.16 bits per heavy atom. The van der Waals surface area contributed by atoms with Crippen LogP contribution in [0.2, 0.25) is 5.02 Å². The van der Waals surface area contributed by atoms with E-state index in [4.69, 9.17) is 17.3 Å². The summed E-state index contributed by atoms with van der Waals surface area (Å²) in [6.07, 6.45) is 6.43. The second kappa shape index (κ2) is 6.22. The molecule has 1 aromatic heterocycles. The summed E-state index contributed by atoms with van der Waals surface area (Å²) in [5.74, 6) is 1.01. The lowest BCUT2D eigenvalue weighted by Crippen LogP contribution is -2.22. The minimum atomic E-state index is 0.158. The van der Waals surface area contributed by atoms with Gasteiger partial charge in [-0.05, 0) is 24.5 Å². The zero-order chi connectivity index (χ0) is 13.8. The Morgan fingerprint density at radius 1 is 1.37 bits per heavy atom. The Bertz CT molecular complexity index is 548. The molecule has 0 aliphatic rings. The number of nitrogens with two attached hydrogens (primary N) is 1. The third-order valence-corrected chi connectivity index (χ3v) is 3.66. The van der Waals surface area contributed by atoms with Gasteiger partial charge in [0.15, 0.2) is 0 Å². The van der Waals surface area contributed by atoms with Gasteiger partial charge >= 0.3 is 0 Å². The van der Waals surface area contributed by atoms with E-state index in [1.807, 2.05) is 24.5 Å². The van der Waals surface area contributed by atoms with Gasteiger partial charge < -0.3 is 10.3 Å². The van der Waals surface area contributed by atoms with Crippen molar-refractivity contribution in [2.45, 2.75) is 39.2 Å². The summed E-state index contributed by atoms with van der Waals surface area (Å²) in [5, 5.41) is 0.744. The molecule has 0 spiro atoms. The standard InChI is InChI=1S/C15H20ClN3/c1-3-12(17)10-11-6-5-7-13(16)15(11)19-9-8-18-14(19)4-2/h5-9,12H,3-4,10,17H2,1-2H3. The van der Waals surface area contributed by atoms with Crippen molar-refractivity contribution >= 4 is 11.6 Å². The van der Waals surface area contributed by atoms with Crippen molar-refractivity contribution < 1.29 is 0 Å². The highest BCUT2D eigenvalue weighted by atomic mass is 35.5. The molecule has 1 heterocycles. The van der Waals surface area contributed by atoms with Crippen molar-refractivity contribution in [1.82, 2.24) is 9.55 Å². The molecule has 2 rings (SSSR count). The van der Waals surface area contributed by atoms with Gasteiger partial charge in [0, 0.05) is 24.9 Å². The van der Waals surface area contributed by atoms with Crippen molar-refractivity contribution in [1.29, 1.82) is 0 Å². The highest BCUT2D eigenvalue weighted by Crippen LogP contribution is 2.27. The lowest BCUT2D eigenvalue weighted by Gasteiger charge is -2.17. The van der Waals surface area contributed by atoms with E-state index in [0.29, 0.717) is 0 Å². The zero-order valence-corrected chi connectivity index (χ0v) is 12.2. The van der Waals surface area contributed by atoms with Crippen LogP contribution < -0.4 is 5.73 Å². The van der Waals surface area contributed by atoms with Crippen molar-refractivity contribution in [3.63, 3.8) is 0 Å². The molecule has 2 aromatic rings. The first kappa shape index (κ1) is 14.1. The van der Waals surface area contributed by atoms with Crippen LogP contribution in [0.1, 0.15) is 31.7 Å². The molecule has 1 unspecified atom stereocenters. The van der Waals surface area contributed by atoms with Crippen LogP contribution in [0.5, 0.6) is 0 Å². The van der Waals surface area contributed by atoms with Gasteiger partial charge in [-0.15, -0.1) is 0 Å². The van der Waals surface area contributed by atoms with Crippen LogP contribution in [0.3, 0.4) is 0 Å². The monoisotopic (exact) mass is 277 g/mol. The lowest BCUT2D eigenvalue weighted by molar-refractivity contribution is 0.643. The van der Waals surface area contributed by atoms with Crippen LogP contribution in [0.25, 0.3) is 5.69 Å². The fourth-order valence-electron chi connectivity index (χ4n) is 2.22. The maximum atomic E-state index is 6.39. The molecule has 0 aliphatic carbocycles. The van der Waals surface area contributed by atoms with Gasteiger partial charge in [-0.2, -0.15) is 0 Å². The molecule has 0 fully saturated rings. The normalized spacial score (nSPS) is 12.6. The van der Waals surface area contributed by atoms with E-state index in [0.717, 1.165) is 35.8 Å². The first-order valence-corrected chi connectivity index (χ1v) is 7.10. The summed E-state index contributed by atoms with van der Waals surface area (Å²) < 4.78 is 2.07. The zero-order valence-electron chi connectivity index (χ0n) is 11.4. The third-order valence-electron chi connectivity index (χ3n) is 3.35. The van der Waals surface area contributed by atoms with Gasteiger partial charge in [-0.25, -0.2) is 4.98 Å². The molecule has 4 heteroatoms. The van der Waals surface area contributed by atoms with Crippen molar-refractivity contribution in [3.8, 4) is 5.69 Å². The summed E-state index contributed by atoms with van der Waals surface area (Å²) in [6.45, 7) is 4.19. The minimum absolute atomic E-state index is 0.158. The highest BCUT2D eigenvalue weighted by molar-refractivity contribution is 6.32. The first-order valence-electron chi connectivity index (χ1n) is 6.72. The predicted octanol–water partition coefficient (Wildman–Crippen LogP) is 3.37. The van der Waals surface area contributed by atoms with Gasteiger partial charge in [0.25, 0.3) is 0 Å². The smallest absolute Gasteiger partial charge is 0.112 e. The van der Waals surface area contributed by atoms with Crippen LogP contribution in [0.4, 0.5) is 0 Å². The number of nitrogens with zero attached hydrogens (tertiary/aromatic N) is 2. The molecule has 1 atom stereocenters. The Balaban J connectivity index is 2.49. The summed E-state index contributed by atoms with van der Waals surface area (Å²) in [5.41, 5.74) is 8.27. The molecule has 0 bridgehead atoms. The molecule has 3 nitrogen and oxygen atoms in total. The van der Waals surface area contributed by atoms with E-state index in [-0.39, 0.29) is 6.04 Å². The maximum absolute atomic E-state index is 6.39. The van der Waals surface area contributed by atoms with Gasteiger partial charge in [0.1, 0.15) is 5.82 Å². The van der Waals surface area contributed by atoms with Gasteiger partial charge in [-0.1, -0.05) is 37.6 Å². The number of para-hydroxylation sites is 1. The number of halogens is 1. The average Bonchev–Trinajstić information content (AvgIpc) is 2.86. The van der Waals surface area contributed by atoms with Crippen LogP contribution >= 0.6 is 11.6 Å². The molecule has 0 amide bonds. The number of benzene rings is 1. The van der Waals surface area contributed by atoms with Crippen LogP contribution in [-0.2, 0) is 12.8 Å². The van der Waals surface area contributed by atoms with E-state index in [2.05, 4.69) is 29.5 Å². The quantitative estimate of drug-likeness (QED) is 0.911. The Hall–Kier alpha value is -1.32. The Kier molecular flexibility index (Phi) is 4.61. The molecule has 0 saturated heterocycles. The minimum Gasteiger partial charge on any atom is -0.327 e. The van der Waals surface area contributed by atoms with Crippen LogP contribution in [0.15, 0.2) is 30.6 Å². The number of aromatic nitrogens is 2. The fourth-order valence-corrected chi connectivity index (χ4v) is 2.51. The predicted molar refractivity (Wildman–Crippen MR) is 79.9 cm³/mol. The van der Waals surface area contributed by atoms with Crippen LogP contribution in [0, 0.1) is 0 Å². The van der Waals surface area contributed by atoms with Crippen molar-refractivity contribution in [2.75, 3.05) is 0 Å². The average molecular weight is 278 g/mol. The topological polar surface area (TPSA) is 43.8 Å². The first-order chi connectivity index (χ1) is 9.17. The van der Waals surface area contributed by atoms with E-state index in [1.165, 1.54) is 5.56 Å². The van der Waals surface area contributed by atoms with E-state index in [9.17, 15) is 0 Å². The fraction of sp³-hybridized carbons (Fsp3) is 0.400. The molecule has 0 saturated carbocycles. The van der Waals surface area contributed by atoms with Crippen molar-refractivity contribution in [2.24, 2.45) is 5.73 Å². The Labute approximate surface area is 119 Å². The summed E-state index contributed by atoms with van der Waals surface area (Å²) in [4.78, 5) is 4.37. The molecule has 102 valence electrons. The number of hydrogen-bond acceptors (Lipinski definition) is 2. The molecule has 0 radical (unpaired) electrons. The van der Waals surface area contributed by atoms with Crippen molar-refractivity contribution in [3.05, 3.63) is 47.0 Å². The van der Waals surface area contributed by atoms with E-state index in [1.54, 1.807) is 0 Å². The van der Waals surface area contributed by atoms with Crippen LogP contribution in [-0.4, -0.2) is 15.6 Å². The van der Waals surface area contributed by atoms with E-state index >= 15 is 0 Å². The lowest BCUT2D eigenvalue weighted by atomic mass is 10.0. The largest absolute Gasteiger partial charge is 0.327 e. The van der Waals surface area contributed by atoms with Gasteiger partial charge in [0.2, 0.25) is 0 Å². The summed E-state index contributed by atoms with van der Waals surface area (Å²) in [6, 6.07) is 6.14. The molecule has 0 aliphatic heterocycles. The maximum Gasteiger partial charge on any atom is 0.112 e. The third kappa shape index (κ3) is 2.99. The molecular formula is C15H20ClN3. The highest BCUT2D eigenvalue weighted by Gasteiger charge is 2.13. The number of aryl methyl sites for hydroxylation is 1. The Morgan fingerprint density at radius 3 is 2.84 bits per heavy atom.